The van der Waals surface area contributed by atoms with E-state index in [-0.39, 0.29) is 5.41 Å². The third-order valence-corrected chi connectivity index (χ3v) is 4.09. The van der Waals surface area contributed by atoms with Gasteiger partial charge in [-0.2, -0.15) is 5.10 Å². The van der Waals surface area contributed by atoms with E-state index in [1.165, 1.54) is 0 Å². The molecule has 0 bridgehead atoms. The molecule has 1 rings (SSSR count). The Morgan fingerprint density at radius 1 is 1.35 bits per heavy atom. The summed E-state index contributed by atoms with van der Waals surface area (Å²) < 4.78 is 1.83. The highest BCUT2D eigenvalue weighted by Crippen LogP contribution is 2.32. The molecule has 2 N–H and O–H groups in total. The first-order valence-corrected chi connectivity index (χ1v) is 7.53. The van der Waals surface area contributed by atoms with E-state index in [1.54, 1.807) is 6.20 Å². The number of rotatable bonds is 8. The van der Waals surface area contributed by atoms with E-state index in [1.807, 2.05) is 17.8 Å². The highest BCUT2D eigenvalue weighted by atomic mass is 16.1. The second-order valence-electron chi connectivity index (χ2n) is 6.66. The van der Waals surface area contributed by atoms with Gasteiger partial charge in [0.1, 0.15) is 5.78 Å². The second-order valence-corrected chi connectivity index (χ2v) is 6.66. The smallest absolute Gasteiger partial charge is 0.133 e. The summed E-state index contributed by atoms with van der Waals surface area (Å²) in [4.78, 5) is 12.0. The van der Waals surface area contributed by atoms with Gasteiger partial charge in [-0.05, 0) is 43.2 Å². The Morgan fingerprint density at radius 2 is 2.05 bits per heavy atom. The number of nitrogens with zero attached hydrogens (tertiary/aromatic N) is 2. The normalized spacial score (nSPS) is 13.4. The van der Waals surface area contributed by atoms with Crippen molar-refractivity contribution in [2.24, 2.45) is 24.1 Å². The van der Waals surface area contributed by atoms with Gasteiger partial charge in [0.05, 0.1) is 0 Å². The number of carbonyl (C=O) groups is 1. The van der Waals surface area contributed by atoms with Crippen LogP contribution in [0.5, 0.6) is 0 Å². The lowest BCUT2D eigenvalue weighted by Crippen LogP contribution is -2.24. The summed E-state index contributed by atoms with van der Waals surface area (Å²) >= 11 is 0. The molecule has 1 aromatic rings. The van der Waals surface area contributed by atoms with E-state index in [0.717, 1.165) is 25.0 Å². The number of aromatic nitrogens is 2. The fourth-order valence-corrected chi connectivity index (χ4v) is 2.59. The molecule has 0 saturated heterocycles. The molecule has 4 heteroatoms. The Bertz CT molecular complexity index is 418. The Morgan fingerprint density at radius 3 is 2.55 bits per heavy atom. The lowest BCUT2D eigenvalue weighted by Gasteiger charge is -2.30. The minimum absolute atomic E-state index is 0.224. The zero-order chi connectivity index (χ0) is 15.2. The van der Waals surface area contributed by atoms with E-state index in [2.05, 4.69) is 25.9 Å². The molecular weight excluding hydrogens is 250 g/mol. The fraction of sp³-hybridized carbons (Fsp3) is 0.750. The summed E-state index contributed by atoms with van der Waals surface area (Å²) in [5, 5.41) is 4.12. The third kappa shape index (κ3) is 5.45. The molecule has 0 radical (unpaired) electrons. The standard InChI is InChI=1S/C16H29N3O/c1-16(2,3)13(9-11-17)5-7-15(20)8-6-14-10-12-18-19(14)4/h10,12-13H,5-9,11,17H2,1-4H3. The maximum atomic E-state index is 12.0. The van der Waals surface area contributed by atoms with Crippen LogP contribution < -0.4 is 5.73 Å². The lowest BCUT2D eigenvalue weighted by atomic mass is 9.76. The largest absolute Gasteiger partial charge is 0.330 e. The first-order chi connectivity index (χ1) is 9.34. The number of hydrogen-bond donors (Lipinski definition) is 1. The quantitative estimate of drug-likeness (QED) is 0.796. The summed E-state index contributed by atoms with van der Waals surface area (Å²) in [7, 11) is 1.91. The monoisotopic (exact) mass is 279 g/mol. The summed E-state index contributed by atoms with van der Waals surface area (Å²) in [6.45, 7) is 7.39. The molecule has 1 heterocycles. The summed E-state index contributed by atoms with van der Waals surface area (Å²) in [6.07, 6.45) is 5.78. The van der Waals surface area contributed by atoms with Crippen LogP contribution in [0, 0.1) is 11.3 Å². The van der Waals surface area contributed by atoms with Gasteiger partial charge >= 0.3 is 0 Å². The summed E-state index contributed by atoms with van der Waals surface area (Å²) in [5.74, 6) is 0.866. The van der Waals surface area contributed by atoms with Gasteiger partial charge < -0.3 is 5.73 Å². The molecule has 1 aromatic heterocycles. The average Bonchev–Trinajstić information content (AvgIpc) is 2.76. The fourth-order valence-electron chi connectivity index (χ4n) is 2.59. The van der Waals surface area contributed by atoms with E-state index in [0.29, 0.717) is 31.1 Å². The van der Waals surface area contributed by atoms with Gasteiger partial charge in [0, 0.05) is 31.8 Å². The summed E-state index contributed by atoms with van der Waals surface area (Å²) in [6, 6.07) is 1.97. The molecule has 0 spiro atoms. The second kappa shape index (κ2) is 7.58. The predicted molar refractivity (Wildman–Crippen MR) is 82.4 cm³/mol. The van der Waals surface area contributed by atoms with Crippen molar-refractivity contribution in [1.29, 1.82) is 0 Å². The predicted octanol–water partition coefficient (Wildman–Crippen LogP) is 2.71. The number of hydrogen-bond acceptors (Lipinski definition) is 3. The van der Waals surface area contributed by atoms with Crippen LogP contribution in [0.25, 0.3) is 0 Å². The van der Waals surface area contributed by atoms with E-state index >= 15 is 0 Å². The van der Waals surface area contributed by atoms with E-state index in [9.17, 15) is 4.79 Å². The van der Waals surface area contributed by atoms with Crippen LogP contribution in [-0.2, 0) is 18.3 Å². The number of nitrogens with two attached hydrogens (primary N) is 1. The van der Waals surface area contributed by atoms with Gasteiger partial charge in [0.25, 0.3) is 0 Å². The molecule has 1 atom stereocenters. The number of aryl methyl sites for hydroxylation is 2. The molecule has 0 aromatic carbocycles. The number of Topliss-reactive ketones (excluding diaryl/α,β-unsaturated/α-hetero) is 1. The van der Waals surface area contributed by atoms with Crippen molar-refractivity contribution in [3.05, 3.63) is 18.0 Å². The van der Waals surface area contributed by atoms with Crippen LogP contribution in [0.1, 0.15) is 52.1 Å². The molecule has 0 amide bonds. The summed E-state index contributed by atoms with van der Waals surface area (Å²) in [5.41, 5.74) is 7.02. The van der Waals surface area contributed by atoms with Gasteiger partial charge in [0.15, 0.2) is 0 Å². The van der Waals surface area contributed by atoms with Crippen LogP contribution in [0.2, 0.25) is 0 Å². The minimum atomic E-state index is 0.224. The molecule has 4 nitrogen and oxygen atoms in total. The molecule has 0 aliphatic rings. The van der Waals surface area contributed by atoms with Crippen molar-refractivity contribution >= 4 is 5.78 Å². The zero-order valence-electron chi connectivity index (χ0n) is 13.4. The van der Waals surface area contributed by atoms with Crippen molar-refractivity contribution in [3.63, 3.8) is 0 Å². The van der Waals surface area contributed by atoms with Gasteiger partial charge in [-0.3, -0.25) is 9.48 Å². The topological polar surface area (TPSA) is 60.9 Å². The van der Waals surface area contributed by atoms with Crippen molar-refractivity contribution in [2.45, 2.75) is 52.9 Å². The first kappa shape index (κ1) is 16.9. The number of carbonyl (C=O) groups excluding carboxylic acids is 1. The Balaban J connectivity index is 2.36. The highest BCUT2D eigenvalue weighted by molar-refractivity contribution is 5.78. The Labute approximate surface area is 122 Å². The minimum Gasteiger partial charge on any atom is -0.330 e. The maximum Gasteiger partial charge on any atom is 0.133 e. The van der Waals surface area contributed by atoms with Crippen molar-refractivity contribution < 1.29 is 4.79 Å². The van der Waals surface area contributed by atoms with Crippen molar-refractivity contribution in [1.82, 2.24) is 9.78 Å². The van der Waals surface area contributed by atoms with Crippen LogP contribution in [0.3, 0.4) is 0 Å². The molecule has 20 heavy (non-hydrogen) atoms. The Kier molecular flexibility index (Phi) is 6.40. The SMILES string of the molecule is Cn1nccc1CCC(=O)CCC(CCN)C(C)(C)C. The van der Waals surface area contributed by atoms with Gasteiger partial charge in [-0.1, -0.05) is 20.8 Å². The molecule has 0 aliphatic carbocycles. The molecule has 0 fully saturated rings. The first-order valence-electron chi connectivity index (χ1n) is 7.53. The van der Waals surface area contributed by atoms with Gasteiger partial charge in [0.2, 0.25) is 0 Å². The van der Waals surface area contributed by atoms with Gasteiger partial charge in [-0.25, -0.2) is 0 Å². The average molecular weight is 279 g/mol. The Hall–Kier alpha value is -1.16. The van der Waals surface area contributed by atoms with Crippen molar-refractivity contribution in [3.8, 4) is 0 Å². The van der Waals surface area contributed by atoms with Crippen LogP contribution in [0.4, 0.5) is 0 Å². The zero-order valence-corrected chi connectivity index (χ0v) is 13.4. The molecule has 114 valence electrons. The number of ketones is 1. The maximum absolute atomic E-state index is 12.0. The van der Waals surface area contributed by atoms with Crippen molar-refractivity contribution in [2.75, 3.05) is 6.54 Å². The van der Waals surface area contributed by atoms with E-state index < -0.39 is 0 Å². The van der Waals surface area contributed by atoms with Gasteiger partial charge in [-0.15, -0.1) is 0 Å². The van der Waals surface area contributed by atoms with Crippen LogP contribution >= 0.6 is 0 Å². The lowest BCUT2D eigenvalue weighted by molar-refractivity contribution is -0.119. The molecular formula is C16H29N3O. The highest BCUT2D eigenvalue weighted by Gasteiger charge is 2.24. The van der Waals surface area contributed by atoms with Crippen LogP contribution in [-0.4, -0.2) is 22.1 Å². The molecule has 1 unspecified atom stereocenters. The molecule has 0 aliphatic heterocycles. The molecule has 0 saturated carbocycles. The third-order valence-electron chi connectivity index (χ3n) is 4.09. The van der Waals surface area contributed by atoms with Crippen LogP contribution in [0.15, 0.2) is 12.3 Å². The van der Waals surface area contributed by atoms with E-state index in [4.69, 9.17) is 5.73 Å².